The highest BCUT2D eigenvalue weighted by atomic mass is 31.2. The highest BCUT2D eigenvalue weighted by molar-refractivity contribution is 7.44. The number of methoxy groups -OCH3 is 2. The summed E-state index contributed by atoms with van der Waals surface area (Å²) < 4.78 is 52.5. The number of hydrogen-bond donors (Lipinski definition) is 1. The van der Waals surface area contributed by atoms with Gasteiger partial charge in [0.05, 0.1) is 52.6 Å². The van der Waals surface area contributed by atoms with Crippen LogP contribution in [-0.4, -0.2) is 85.3 Å². The predicted molar refractivity (Wildman–Crippen MR) is 256 cm³/mol. The Kier molecular flexibility index (Phi) is 18.3. The maximum Gasteiger partial charge on any atom is 0.513 e. The lowest BCUT2D eigenvalue weighted by atomic mass is 9.80. The van der Waals surface area contributed by atoms with Crippen LogP contribution in [0, 0.1) is 18.3 Å². The van der Waals surface area contributed by atoms with Crippen molar-refractivity contribution in [2.75, 3.05) is 45.9 Å². The second-order valence-electron chi connectivity index (χ2n) is 16.4. The molecule has 4 atom stereocenters. The van der Waals surface area contributed by atoms with Crippen LogP contribution in [0.4, 0.5) is 10.6 Å². The van der Waals surface area contributed by atoms with Gasteiger partial charge in [-0.2, -0.15) is 10.2 Å². The quantitative estimate of drug-likeness (QED) is 0.0216. The molecule has 1 aliphatic heterocycles. The summed E-state index contributed by atoms with van der Waals surface area (Å²) in [5.41, 5.74) is 2.68. The molecule has 0 radical (unpaired) electrons. The average Bonchev–Trinajstić information content (AvgIpc) is 3.73. The fourth-order valence-electron chi connectivity index (χ4n) is 8.07. The minimum Gasteiger partial charge on any atom is -0.497 e. The highest BCUT2D eigenvalue weighted by Crippen LogP contribution is 2.51. The molecule has 5 aromatic rings. The Hall–Kier alpha value is -5.85. The Labute approximate surface area is 394 Å². The van der Waals surface area contributed by atoms with Crippen LogP contribution in [-0.2, 0) is 35.3 Å². The SMILES string of the molecule is CCOC(=O)Oc1ccc(CCNc2nc(=O)n([C@H]3C[C@H](OP(OCCC#N)N(C(C)C)C(C)C)[C@@H](COC(c4ccccc4)(c4ccc(OC)cc4)c4ccc(OC)cc4)O3)cc2C)cc1. The van der Waals surface area contributed by atoms with E-state index in [0.29, 0.717) is 36.0 Å². The van der Waals surface area contributed by atoms with E-state index < -0.39 is 44.4 Å². The molecule has 0 spiro atoms. The molecule has 67 heavy (non-hydrogen) atoms. The molecule has 1 aliphatic rings. The van der Waals surface area contributed by atoms with Crippen molar-refractivity contribution in [1.29, 1.82) is 5.26 Å². The van der Waals surface area contributed by atoms with Crippen LogP contribution in [0.25, 0.3) is 0 Å². The molecule has 2 heterocycles. The first-order valence-electron chi connectivity index (χ1n) is 22.6. The number of rotatable bonds is 23. The van der Waals surface area contributed by atoms with E-state index >= 15 is 0 Å². The summed E-state index contributed by atoms with van der Waals surface area (Å²) in [5.74, 6) is 2.24. The highest BCUT2D eigenvalue weighted by Gasteiger charge is 2.45. The van der Waals surface area contributed by atoms with E-state index in [-0.39, 0.29) is 44.7 Å². The summed E-state index contributed by atoms with van der Waals surface area (Å²) in [6.45, 7) is 12.9. The molecule has 1 fully saturated rings. The Morgan fingerprint density at radius 1 is 0.910 bits per heavy atom. The zero-order valence-electron chi connectivity index (χ0n) is 39.5. The summed E-state index contributed by atoms with van der Waals surface area (Å²) in [4.78, 5) is 30.2. The number of nitrogens with one attached hydrogen (secondary N) is 1. The molecule has 0 bridgehead atoms. The molecule has 16 heteroatoms. The van der Waals surface area contributed by atoms with Gasteiger partial charge in [-0.3, -0.25) is 4.57 Å². The van der Waals surface area contributed by atoms with Crippen molar-refractivity contribution in [2.24, 2.45) is 0 Å². The zero-order valence-corrected chi connectivity index (χ0v) is 40.4. The molecule has 1 N–H and O–H groups in total. The van der Waals surface area contributed by atoms with Gasteiger partial charge in [-0.15, -0.1) is 0 Å². The molecule has 1 saturated heterocycles. The molecule has 4 aromatic carbocycles. The average molecular weight is 936 g/mol. The van der Waals surface area contributed by atoms with E-state index in [0.717, 1.165) is 27.8 Å². The second-order valence-corrected chi connectivity index (χ2v) is 17.8. The van der Waals surface area contributed by atoms with Crippen molar-refractivity contribution in [3.05, 3.63) is 148 Å². The van der Waals surface area contributed by atoms with Gasteiger partial charge in [0.1, 0.15) is 41.0 Å². The zero-order chi connectivity index (χ0) is 47.9. The number of carbonyl (C=O) groups is 1. The molecular weight excluding hydrogens is 874 g/mol. The van der Waals surface area contributed by atoms with E-state index in [1.807, 2.05) is 97.9 Å². The standard InChI is InChI=1S/C51H62N5O10P/c1-9-61-50(58)64-44-22-16-38(17-23-44)28-30-53-48-37(6)33-55(49(57)54-48)47-32-45(66-67(63-31-13-29-52)56(35(2)3)36(4)5)46(65-47)34-62-51(39-14-11-10-12-15-39,40-18-24-42(59-7)25-19-40)41-20-26-43(60-8)27-21-41/h10-12,14-27,33,35-36,45-47H,9,13,28,30-32,34H2,1-8H3,(H,53,54,57)/t45-,46+,47+,67?/m0/s1. The van der Waals surface area contributed by atoms with E-state index in [2.05, 4.69) is 48.7 Å². The van der Waals surface area contributed by atoms with E-state index in [9.17, 15) is 14.9 Å². The van der Waals surface area contributed by atoms with Gasteiger partial charge >= 0.3 is 11.8 Å². The number of aromatic nitrogens is 2. The van der Waals surface area contributed by atoms with Crippen molar-refractivity contribution >= 4 is 20.5 Å². The van der Waals surface area contributed by atoms with Gasteiger partial charge in [0.25, 0.3) is 8.53 Å². The number of hydrogen-bond acceptors (Lipinski definition) is 14. The predicted octanol–water partition coefficient (Wildman–Crippen LogP) is 9.72. The molecule has 356 valence electrons. The molecule has 0 amide bonds. The Bertz CT molecular complexity index is 2370. The summed E-state index contributed by atoms with van der Waals surface area (Å²) in [6, 6.07) is 35.1. The number of ether oxygens (including phenoxy) is 6. The Morgan fingerprint density at radius 3 is 2.07 bits per heavy atom. The van der Waals surface area contributed by atoms with Gasteiger partial charge in [0, 0.05) is 36.8 Å². The largest absolute Gasteiger partial charge is 0.513 e. The second kappa shape index (κ2) is 24.3. The minimum atomic E-state index is -1.70. The number of carbonyl (C=O) groups excluding carboxylic acids is 1. The topological polar surface area (TPSA) is 165 Å². The molecule has 1 unspecified atom stereocenters. The smallest absolute Gasteiger partial charge is 0.497 e. The summed E-state index contributed by atoms with van der Waals surface area (Å²) in [6.07, 6.45) is 0.0309. The lowest BCUT2D eigenvalue weighted by Gasteiger charge is -2.39. The Morgan fingerprint density at radius 2 is 1.51 bits per heavy atom. The first kappa shape index (κ1) is 50.6. The Balaban J connectivity index is 1.32. The van der Waals surface area contributed by atoms with Crippen LogP contribution >= 0.6 is 8.53 Å². The van der Waals surface area contributed by atoms with Gasteiger partial charge in [0.15, 0.2) is 0 Å². The number of aryl methyl sites for hydroxylation is 1. The van der Waals surface area contributed by atoms with E-state index in [4.69, 9.17) is 37.5 Å². The lowest BCUT2D eigenvalue weighted by molar-refractivity contribution is -0.0925. The first-order valence-corrected chi connectivity index (χ1v) is 23.7. The van der Waals surface area contributed by atoms with Gasteiger partial charge in [-0.05, 0) is 107 Å². The van der Waals surface area contributed by atoms with Crippen LogP contribution in [0.1, 0.15) is 81.5 Å². The lowest BCUT2D eigenvalue weighted by Crippen LogP contribution is -2.39. The maximum atomic E-state index is 14.0. The van der Waals surface area contributed by atoms with Gasteiger partial charge < -0.3 is 42.8 Å². The number of nitrogens with zero attached hydrogens (tertiary/aromatic N) is 4. The van der Waals surface area contributed by atoms with E-state index in [1.54, 1.807) is 39.5 Å². The number of anilines is 1. The van der Waals surface area contributed by atoms with Crippen molar-refractivity contribution in [2.45, 2.75) is 96.9 Å². The number of nitriles is 1. The summed E-state index contributed by atoms with van der Waals surface area (Å²) in [5, 5.41) is 12.7. The molecule has 0 aliphatic carbocycles. The van der Waals surface area contributed by atoms with Crippen LogP contribution < -0.4 is 25.2 Å². The van der Waals surface area contributed by atoms with Crippen molar-refractivity contribution in [3.63, 3.8) is 0 Å². The molecule has 1 aromatic heterocycles. The van der Waals surface area contributed by atoms with Crippen LogP contribution in [0.5, 0.6) is 17.2 Å². The van der Waals surface area contributed by atoms with E-state index in [1.165, 1.54) is 4.57 Å². The van der Waals surface area contributed by atoms with Crippen LogP contribution in [0.2, 0.25) is 0 Å². The van der Waals surface area contributed by atoms with Gasteiger partial charge in [0.2, 0.25) is 0 Å². The fourth-order valence-corrected chi connectivity index (χ4v) is 9.83. The third-order valence-electron chi connectivity index (χ3n) is 11.2. The van der Waals surface area contributed by atoms with Crippen LogP contribution in [0.15, 0.2) is 114 Å². The third kappa shape index (κ3) is 12.8. The first-order chi connectivity index (χ1) is 32.4. The van der Waals surface area contributed by atoms with Crippen LogP contribution in [0.3, 0.4) is 0 Å². The molecule has 6 rings (SSSR count). The summed E-state index contributed by atoms with van der Waals surface area (Å²) in [7, 11) is 1.57. The van der Waals surface area contributed by atoms with Crippen molar-refractivity contribution in [1.82, 2.24) is 14.2 Å². The number of benzene rings is 4. The normalized spacial score (nSPS) is 16.5. The third-order valence-corrected chi connectivity index (χ3v) is 13.4. The monoisotopic (exact) mass is 935 g/mol. The van der Waals surface area contributed by atoms with Crippen molar-refractivity contribution in [3.8, 4) is 23.3 Å². The molecule has 0 saturated carbocycles. The minimum absolute atomic E-state index is 0.0373. The maximum absolute atomic E-state index is 14.0. The molecule has 15 nitrogen and oxygen atoms in total. The summed E-state index contributed by atoms with van der Waals surface area (Å²) >= 11 is 0. The van der Waals surface area contributed by atoms with Gasteiger partial charge in [-0.1, -0.05) is 66.7 Å². The van der Waals surface area contributed by atoms with Gasteiger partial charge in [-0.25, -0.2) is 14.3 Å². The fraction of sp³-hybridized carbons (Fsp3) is 0.412. The molecular formula is C51H62N5O10P. The van der Waals surface area contributed by atoms with Crippen molar-refractivity contribution < 1.29 is 42.3 Å².